The van der Waals surface area contributed by atoms with Crippen LogP contribution < -0.4 is 44.0 Å². The van der Waals surface area contributed by atoms with Crippen molar-refractivity contribution in [3.63, 3.8) is 0 Å². The van der Waals surface area contributed by atoms with E-state index in [2.05, 4.69) is 36.4 Å². The van der Waals surface area contributed by atoms with Crippen molar-refractivity contribution in [2.45, 2.75) is 94.1 Å². The zero-order chi connectivity index (χ0) is 35.1. The summed E-state index contributed by atoms with van der Waals surface area (Å²) < 4.78 is 33.6. The summed E-state index contributed by atoms with van der Waals surface area (Å²) in [6.45, 7) is 0. The van der Waals surface area contributed by atoms with Gasteiger partial charge in [0.05, 0.1) is 71.2 Å². The molecule has 0 aliphatic carbocycles. The predicted molar refractivity (Wildman–Crippen MR) is 221 cm³/mol. The van der Waals surface area contributed by atoms with Gasteiger partial charge in [-0.1, -0.05) is 130 Å². The molecule has 3 rings (SSSR count). The molecule has 0 amide bonds. The molecule has 0 aromatic heterocycles. The molecule has 0 aliphatic heterocycles. The van der Waals surface area contributed by atoms with Gasteiger partial charge in [-0.05, 0) is 33.8 Å². The van der Waals surface area contributed by atoms with Crippen LogP contribution >= 0.6 is 0 Å². The Labute approximate surface area is 306 Å². The van der Waals surface area contributed by atoms with Crippen molar-refractivity contribution in [1.29, 1.82) is 0 Å². The Bertz CT molecular complexity index is 1180. The van der Waals surface area contributed by atoms with E-state index >= 15 is 0 Å². The third kappa shape index (κ3) is 13.9. The molecule has 0 unspecified atom stereocenters. The van der Waals surface area contributed by atoms with E-state index in [0.717, 1.165) is 34.5 Å². The third-order valence-corrected chi connectivity index (χ3v) is 19.4. The molecule has 49 heavy (non-hydrogen) atoms. The molecule has 10 heteroatoms. The summed E-state index contributed by atoms with van der Waals surface area (Å²) in [5.74, 6) is 5.47. The monoisotopic (exact) mass is 740 g/mol. The standard InChI is InChI=1S/C39H64O6Si4/c1-40-31-19-16-22-34(37(31)43-4)46-25-10-7-13-28-49(29-14-8-11-26-47-35-23-17-20-32(41-2)38(35)44-5)30-15-9-12-27-48-36-24-18-21-33(42-3)39(36)45-6/h16-24,49H,7-15,25-30,46-48H2,1-6H3. The molecular formula is C39H64O6Si4. The lowest BCUT2D eigenvalue weighted by molar-refractivity contribution is 0.357. The molecule has 0 spiro atoms. The Morgan fingerprint density at radius 2 is 0.694 bits per heavy atom. The minimum atomic E-state index is -0.716. The van der Waals surface area contributed by atoms with Crippen molar-refractivity contribution in [1.82, 2.24) is 0 Å². The topological polar surface area (TPSA) is 55.4 Å². The van der Waals surface area contributed by atoms with Gasteiger partial charge in [0, 0.05) is 8.80 Å². The van der Waals surface area contributed by atoms with E-state index in [4.69, 9.17) is 28.4 Å². The number of unbranched alkanes of at least 4 members (excludes halogenated alkanes) is 6. The van der Waals surface area contributed by atoms with Crippen LogP contribution in [0.2, 0.25) is 36.3 Å². The first-order valence-corrected chi connectivity index (χ1v) is 26.3. The van der Waals surface area contributed by atoms with Crippen LogP contribution in [0.15, 0.2) is 54.6 Å². The van der Waals surface area contributed by atoms with Crippen molar-refractivity contribution >= 4 is 52.9 Å². The van der Waals surface area contributed by atoms with Crippen LogP contribution in [0.3, 0.4) is 0 Å². The van der Waals surface area contributed by atoms with Crippen LogP contribution in [0.25, 0.3) is 0 Å². The molecule has 0 bridgehead atoms. The zero-order valence-corrected chi connectivity index (χ0v) is 36.8. The highest BCUT2D eigenvalue weighted by atomic mass is 28.3. The zero-order valence-electron chi connectivity index (χ0n) is 31.5. The van der Waals surface area contributed by atoms with Gasteiger partial charge in [-0.15, -0.1) is 0 Å². The second-order valence-corrected chi connectivity index (χ2v) is 22.6. The molecular weight excluding hydrogens is 677 g/mol. The van der Waals surface area contributed by atoms with Gasteiger partial charge in [-0.2, -0.15) is 0 Å². The summed E-state index contributed by atoms with van der Waals surface area (Å²) in [6.07, 6.45) is 12.5. The summed E-state index contributed by atoms with van der Waals surface area (Å²) in [4.78, 5) is 0. The van der Waals surface area contributed by atoms with Gasteiger partial charge >= 0.3 is 0 Å². The molecule has 0 radical (unpaired) electrons. The fourth-order valence-electron chi connectivity index (χ4n) is 7.19. The molecule has 272 valence electrons. The van der Waals surface area contributed by atoms with E-state index < -0.39 is 8.80 Å². The van der Waals surface area contributed by atoms with E-state index in [1.54, 1.807) is 42.7 Å². The number of ether oxygens (including phenoxy) is 6. The molecule has 0 aliphatic rings. The van der Waals surface area contributed by atoms with Crippen molar-refractivity contribution in [2.24, 2.45) is 0 Å². The van der Waals surface area contributed by atoms with E-state index in [1.807, 2.05) is 18.2 Å². The van der Waals surface area contributed by atoms with Crippen LogP contribution in [0.5, 0.6) is 34.5 Å². The Kier molecular flexibility index (Phi) is 20.4. The molecule has 0 heterocycles. The first-order valence-electron chi connectivity index (χ1n) is 18.7. The fourth-order valence-corrected chi connectivity index (χ4v) is 16.2. The Morgan fingerprint density at radius 1 is 0.388 bits per heavy atom. The number of hydrogen-bond acceptors (Lipinski definition) is 6. The van der Waals surface area contributed by atoms with Crippen molar-refractivity contribution in [2.75, 3.05) is 42.7 Å². The van der Waals surface area contributed by atoms with Gasteiger partial charge in [-0.25, -0.2) is 0 Å². The lowest BCUT2D eigenvalue weighted by Crippen LogP contribution is -2.17. The predicted octanol–water partition coefficient (Wildman–Crippen LogP) is 5.51. The van der Waals surface area contributed by atoms with Gasteiger partial charge in [0.15, 0.2) is 34.5 Å². The highest BCUT2D eigenvalue weighted by molar-refractivity contribution is 6.58. The van der Waals surface area contributed by atoms with Crippen LogP contribution in [-0.4, -0.2) is 80.0 Å². The molecule has 0 atom stereocenters. The van der Waals surface area contributed by atoms with Gasteiger partial charge < -0.3 is 28.4 Å². The first kappa shape index (κ1) is 40.8. The van der Waals surface area contributed by atoms with Crippen molar-refractivity contribution in [3.8, 4) is 34.5 Å². The summed E-state index contributed by atoms with van der Waals surface area (Å²) in [5.41, 5.74) is 0. The second-order valence-electron chi connectivity index (χ2n) is 13.2. The number of methoxy groups -OCH3 is 6. The van der Waals surface area contributed by atoms with Crippen molar-refractivity contribution in [3.05, 3.63) is 54.6 Å². The van der Waals surface area contributed by atoms with Crippen LogP contribution in [0.4, 0.5) is 0 Å². The summed E-state index contributed by atoms with van der Waals surface area (Å²) in [6, 6.07) is 27.6. The van der Waals surface area contributed by atoms with E-state index in [-0.39, 0.29) is 28.6 Å². The molecule has 0 saturated carbocycles. The largest absolute Gasteiger partial charge is 0.493 e. The van der Waals surface area contributed by atoms with E-state index in [0.29, 0.717) is 0 Å². The lowest BCUT2D eigenvalue weighted by Gasteiger charge is -2.16. The minimum absolute atomic E-state index is 0.345. The number of para-hydroxylation sites is 3. The average molecular weight is 741 g/mol. The Hall–Kier alpha value is -2.67. The summed E-state index contributed by atoms with van der Waals surface area (Å²) in [5, 5.41) is 4.19. The van der Waals surface area contributed by atoms with Crippen molar-refractivity contribution < 1.29 is 28.4 Å². The van der Waals surface area contributed by atoms with Crippen LogP contribution in [0, 0.1) is 0 Å². The first-order chi connectivity index (χ1) is 24.1. The fraction of sp³-hybridized carbons (Fsp3) is 0.538. The van der Waals surface area contributed by atoms with Gasteiger partial charge in [0.1, 0.15) is 0 Å². The lowest BCUT2D eigenvalue weighted by atomic mass is 10.3. The molecule has 0 N–H and O–H groups in total. The Balaban J connectivity index is 1.40. The molecule has 6 nitrogen and oxygen atoms in total. The maximum atomic E-state index is 5.68. The maximum absolute atomic E-state index is 5.68. The third-order valence-electron chi connectivity index (χ3n) is 9.88. The van der Waals surface area contributed by atoms with Crippen LogP contribution in [-0.2, 0) is 0 Å². The SMILES string of the molecule is COc1cccc([SiH2]CCCCC[SiH](CCCCC[SiH2]c2cccc(OC)c2OC)CCCCC[SiH2]c2cccc(OC)c2OC)c1OC. The normalized spacial score (nSPS) is 12.4. The van der Waals surface area contributed by atoms with Gasteiger partial charge in [0.2, 0.25) is 0 Å². The smallest absolute Gasteiger partial charge is 0.160 e. The molecule has 3 aromatic carbocycles. The Morgan fingerprint density at radius 3 is 0.959 bits per heavy atom. The number of hydrogen-bond donors (Lipinski definition) is 0. The molecule has 0 saturated heterocycles. The summed E-state index contributed by atoms with van der Waals surface area (Å²) in [7, 11) is 8.73. The number of rotatable bonds is 27. The second kappa shape index (κ2) is 24.5. The molecule has 0 fully saturated rings. The number of benzene rings is 3. The van der Waals surface area contributed by atoms with E-state index in [9.17, 15) is 0 Å². The maximum Gasteiger partial charge on any atom is 0.160 e. The quantitative estimate of drug-likeness (QED) is 0.0760. The van der Waals surface area contributed by atoms with Gasteiger partial charge in [0.25, 0.3) is 0 Å². The van der Waals surface area contributed by atoms with E-state index in [1.165, 1.54) is 110 Å². The molecule has 3 aromatic rings. The highest BCUT2D eigenvalue weighted by Gasteiger charge is 2.14. The highest BCUT2D eigenvalue weighted by Crippen LogP contribution is 2.26. The van der Waals surface area contributed by atoms with Crippen LogP contribution in [0.1, 0.15) is 57.8 Å². The van der Waals surface area contributed by atoms with Gasteiger partial charge in [-0.3, -0.25) is 0 Å². The summed E-state index contributed by atoms with van der Waals surface area (Å²) >= 11 is 0. The minimum Gasteiger partial charge on any atom is -0.493 e. The average Bonchev–Trinajstić information content (AvgIpc) is 3.14.